The van der Waals surface area contributed by atoms with Crippen LogP contribution in [0.1, 0.15) is 18.4 Å². The average Bonchev–Trinajstić information content (AvgIpc) is 2.90. The molecule has 82 valence electrons. The second-order valence-corrected chi connectivity index (χ2v) is 5.15. The zero-order valence-electron chi connectivity index (χ0n) is 8.30. The third-order valence-electron chi connectivity index (χ3n) is 2.25. The first-order chi connectivity index (χ1) is 6.98. The Labute approximate surface area is 88.3 Å². The summed E-state index contributed by atoms with van der Waals surface area (Å²) in [7, 11) is -3.71. The van der Waals surface area contributed by atoms with Crippen LogP contribution in [0.5, 0.6) is 5.75 Å². The van der Waals surface area contributed by atoms with Crippen LogP contribution < -0.4 is 9.88 Å². The van der Waals surface area contributed by atoms with Crippen molar-refractivity contribution in [2.45, 2.75) is 30.8 Å². The highest BCUT2D eigenvalue weighted by Gasteiger charge is 2.25. The monoisotopic (exact) mass is 228 g/mol. The van der Waals surface area contributed by atoms with Gasteiger partial charge in [0.2, 0.25) is 10.0 Å². The lowest BCUT2D eigenvalue weighted by molar-refractivity contribution is 0.298. The highest BCUT2D eigenvalue weighted by atomic mass is 32.2. The van der Waals surface area contributed by atoms with E-state index in [0.29, 0.717) is 11.3 Å². The van der Waals surface area contributed by atoms with E-state index in [-0.39, 0.29) is 11.0 Å². The summed E-state index contributed by atoms with van der Waals surface area (Å²) in [5.41, 5.74) is 0.527. The Kier molecular flexibility index (Phi) is 2.40. The molecule has 2 N–H and O–H groups in total. The standard InChI is InChI=1S/C9H12N2O3S/c1-6-8(14-7-2-3-7)4-11-5-9(6)15(10,12)13/h4-5,7H,2-3H2,1H3,(H2,10,12,13). The van der Waals surface area contributed by atoms with Crippen molar-refractivity contribution in [2.75, 3.05) is 0 Å². The third-order valence-corrected chi connectivity index (χ3v) is 3.27. The fourth-order valence-electron chi connectivity index (χ4n) is 1.26. The van der Waals surface area contributed by atoms with Gasteiger partial charge in [0.1, 0.15) is 10.6 Å². The first-order valence-corrected chi connectivity index (χ1v) is 6.17. The molecule has 1 saturated carbocycles. The fraction of sp³-hybridized carbons (Fsp3) is 0.444. The smallest absolute Gasteiger partial charge is 0.239 e. The van der Waals surface area contributed by atoms with E-state index in [1.54, 1.807) is 6.92 Å². The lowest BCUT2D eigenvalue weighted by Crippen LogP contribution is -2.14. The number of primary sulfonamides is 1. The van der Waals surface area contributed by atoms with Gasteiger partial charge in [0.15, 0.2) is 0 Å². The summed E-state index contributed by atoms with van der Waals surface area (Å²) in [5.74, 6) is 0.504. The quantitative estimate of drug-likeness (QED) is 0.820. The summed E-state index contributed by atoms with van der Waals surface area (Å²) < 4.78 is 27.9. The summed E-state index contributed by atoms with van der Waals surface area (Å²) in [5, 5.41) is 5.05. The van der Waals surface area contributed by atoms with E-state index in [1.807, 2.05) is 0 Å². The summed E-state index contributed by atoms with van der Waals surface area (Å²) in [6.45, 7) is 1.67. The molecule has 0 saturated heterocycles. The number of hydrogen-bond acceptors (Lipinski definition) is 4. The number of nitrogens with zero attached hydrogens (tertiary/aromatic N) is 1. The average molecular weight is 228 g/mol. The number of hydrogen-bond donors (Lipinski definition) is 1. The van der Waals surface area contributed by atoms with E-state index in [9.17, 15) is 8.42 Å². The Morgan fingerprint density at radius 2 is 2.13 bits per heavy atom. The van der Waals surface area contributed by atoms with E-state index in [4.69, 9.17) is 9.88 Å². The highest BCUT2D eigenvalue weighted by Crippen LogP contribution is 2.30. The number of pyridine rings is 1. The van der Waals surface area contributed by atoms with E-state index >= 15 is 0 Å². The molecule has 1 heterocycles. The molecule has 15 heavy (non-hydrogen) atoms. The van der Waals surface area contributed by atoms with Crippen molar-refractivity contribution >= 4 is 10.0 Å². The topological polar surface area (TPSA) is 82.3 Å². The first-order valence-electron chi connectivity index (χ1n) is 4.62. The Hall–Kier alpha value is -1.14. The van der Waals surface area contributed by atoms with Crippen LogP contribution in [0, 0.1) is 6.92 Å². The summed E-state index contributed by atoms with van der Waals surface area (Å²) >= 11 is 0. The third kappa shape index (κ3) is 2.27. The van der Waals surface area contributed by atoms with Crippen molar-refractivity contribution in [1.29, 1.82) is 0 Å². The maximum atomic E-state index is 11.2. The molecule has 1 aliphatic rings. The second-order valence-electron chi connectivity index (χ2n) is 3.62. The number of nitrogens with two attached hydrogens (primary N) is 1. The minimum Gasteiger partial charge on any atom is -0.488 e. The molecule has 2 rings (SSSR count). The van der Waals surface area contributed by atoms with Crippen LogP contribution >= 0.6 is 0 Å². The molecule has 1 aliphatic carbocycles. The van der Waals surface area contributed by atoms with Gasteiger partial charge in [-0.3, -0.25) is 4.98 Å². The first kappa shape index (κ1) is 10.4. The van der Waals surface area contributed by atoms with Crippen LogP contribution in [-0.4, -0.2) is 19.5 Å². The molecule has 0 aliphatic heterocycles. The second kappa shape index (κ2) is 3.46. The molecular weight excluding hydrogens is 216 g/mol. The van der Waals surface area contributed by atoms with Gasteiger partial charge in [-0.05, 0) is 19.8 Å². The number of ether oxygens (including phenoxy) is 1. The van der Waals surface area contributed by atoms with Gasteiger partial charge in [-0.1, -0.05) is 0 Å². The van der Waals surface area contributed by atoms with Crippen molar-refractivity contribution < 1.29 is 13.2 Å². The lowest BCUT2D eigenvalue weighted by Gasteiger charge is -2.09. The number of aromatic nitrogens is 1. The predicted molar refractivity (Wildman–Crippen MR) is 54.0 cm³/mol. The molecule has 1 aromatic rings. The van der Waals surface area contributed by atoms with Crippen LogP contribution in [-0.2, 0) is 10.0 Å². The van der Waals surface area contributed by atoms with Crippen molar-refractivity contribution in [2.24, 2.45) is 5.14 Å². The minimum atomic E-state index is -3.71. The van der Waals surface area contributed by atoms with Crippen molar-refractivity contribution in [3.63, 3.8) is 0 Å². The lowest BCUT2D eigenvalue weighted by atomic mass is 10.3. The SMILES string of the molecule is Cc1c(OC2CC2)cncc1S(N)(=O)=O. The van der Waals surface area contributed by atoms with Crippen molar-refractivity contribution in [3.05, 3.63) is 18.0 Å². The molecular formula is C9H12N2O3S. The highest BCUT2D eigenvalue weighted by molar-refractivity contribution is 7.89. The van der Waals surface area contributed by atoms with Crippen molar-refractivity contribution in [1.82, 2.24) is 4.98 Å². The molecule has 6 heteroatoms. The Bertz CT molecular complexity index is 480. The molecule has 0 aromatic carbocycles. The maximum absolute atomic E-state index is 11.2. The maximum Gasteiger partial charge on any atom is 0.239 e. The predicted octanol–water partition coefficient (Wildman–Crippen LogP) is 0.579. The molecule has 0 amide bonds. The van der Waals surface area contributed by atoms with Gasteiger partial charge in [0.25, 0.3) is 0 Å². The van der Waals surface area contributed by atoms with E-state index in [1.165, 1.54) is 12.4 Å². The molecule has 0 unspecified atom stereocenters. The van der Waals surface area contributed by atoms with Crippen LogP contribution in [0.2, 0.25) is 0 Å². The molecule has 5 nitrogen and oxygen atoms in total. The van der Waals surface area contributed by atoms with Crippen molar-refractivity contribution in [3.8, 4) is 5.75 Å². The zero-order chi connectivity index (χ0) is 11.1. The largest absolute Gasteiger partial charge is 0.488 e. The Balaban J connectivity index is 2.40. The normalized spacial score (nSPS) is 16.4. The Morgan fingerprint density at radius 3 is 2.67 bits per heavy atom. The summed E-state index contributed by atoms with van der Waals surface area (Å²) in [6.07, 6.45) is 4.99. The molecule has 1 aromatic heterocycles. The molecule has 0 spiro atoms. The van der Waals surface area contributed by atoms with Gasteiger partial charge >= 0.3 is 0 Å². The van der Waals surface area contributed by atoms with Crippen LogP contribution in [0.4, 0.5) is 0 Å². The van der Waals surface area contributed by atoms with E-state index in [2.05, 4.69) is 4.98 Å². The van der Waals surface area contributed by atoms with Gasteiger partial charge in [0, 0.05) is 11.8 Å². The summed E-state index contributed by atoms with van der Waals surface area (Å²) in [4.78, 5) is 3.84. The van der Waals surface area contributed by atoms with Gasteiger partial charge in [-0.15, -0.1) is 0 Å². The molecule has 0 bridgehead atoms. The summed E-state index contributed by atoms with van der Waals surface area (Å²) in [6, 6.07) is 0. The Morgan fingerprint density at radius 1 is 1.47 bits per heavy atom. The van der Waals surface area contributed by atoms with Crippen LogP contribution in [0.15, 0.2) is 17.3 Å². The molecule has 1 fully saturated rings. The van der Waals surface area contributed by atoms with E-state index < -0.39 is 10.0 Å². The van der Waals surface area contributed by atoms with E-state index in [0.717, 1.165) is 12.8 Å². The fourth-order valence-corrected chi connectivity index (χ4v) is 1.99. The van der Waals surface area contributed by atoms with Gasteiger partial charge in [-0.25, -0.2) is 13.6 Å². The van der Waals surface area contributed by atoms with Gasteiger partial charge in [-0.2, -0.15) is 0 Å². The molecule has 0 radical (unpaired) electrons. The number of sulfonamides is 1. The van der Waals surface area contributed by atoms with Crippen LogP contribution in [0.25, 0.3) is 0 Å². The number of rotatable bonds is 3. The zero-order valence-corrected chi connectivity index (χ0v) is 9.12. The van der Waals surface area contributed by atoms with Crippen LogP contribution in [0.3, 0.4) is 0 Å². The van der Waals surface area contributed by atoms with Gasteiger partial charge < -0.3 is 4.74 Å². The minimum absolute atomic E-state index is 0.0284. The van der Waals surface area contributed by atoms with Gasteiger partial charge in [0.05, 0.1) is 12.3 Å². The molecule has 0 atom stereocenters.